The summed E-state index contributed by atoms with van der Waals surface area (Å²) in [4.78, 5) is 15.9. The molecular formula is C50H53N7. The Morgan fingerprint density at radius 3 is 1.82 bits per heavy atom. The second kappa shape index (κ2) is 13.2. The smallest absolute Gasteiger partial charge is 0.140 e. The standard InChI is InChI=1S/C50H53N7/c1-31-48-40(23-26-52(31)4)37-13-7-10-16-43(37)55(48)36-21-19-34(20-22-36)35-29-46(56-44-17-11-8-14-38(44)41-24-27-53(5)32(2)49(41)56)51-47(30-35)57-45-18-12-9-15-39(45)42-25-28-54(6)33(3)50(42)57/h7-22,29-33,41,49H,23-28H2,1-6H3. The largest absolute Gasteiger partial charge is 0.321 e. The van der Waals surface area contributed by atoms with Gasteiger partial charge in [0.05, 0.1) is 17.1 Å². The van der Waals surface area contributed by atoms with Gasteiger partial charge in [-0.25, -0.2) is 4.98 Å². The van der Waals surface area contributed by atoms with Gasteiger partial charge in [0.15, 0.2) is 0 Å². The number of piperidine rings is 1. The van der Waals surface area contributed by atoms with Crippen molar-refractivity contribution in [2.45, 2.75) is 70.1 Å². The van der Waals surface area contributed by atoms with Gasteiger partial charge in [-0.05, 0) is 138 Å². The highest BCUT2D eigenvalue weighted by molar-refractivity contribution is 5.90. The highest BCUT2D eigenvalue weighted by Crippen LogP contribution is 2.51. The van der Waals surface area contributed by atoms with Crippen LogP contribution in [0.3, 0.4) is 0 Å². The van der Waals surface area contributed by atoms with E-state index in [0.29, 0.717) is 24.0 Å². The van der Waals surface area contributed by atoms with Gasteiger partial charge < -0.3 is 14.4 Å². The summed E-state index contributed by atoms with van der Waals surface area (Å²) in [5.74, 6) is 2.49. The van der Waals surface area contributed by atoms with Crippen LogP contribution in [0.4, 0.5) is 11.5 Å². The maximum atomic E-state index is 5.75. The van der Waals surface area contributed by atoms with Crippen LogP contribution in [0.15, 0.2) is 109 Å². The second-order valence-electron chi connectivity index (χ2n) is 17.4. The van der Waals surface area contributed by atoms with Crippen molar-refractivity contribution >= 4 is 33.3 Å². The third kappa shape index (κ3) is 5.18. The van der Waals surface area contributed by atoms with Crippen LogP contribution in [0.1, 0.15) is 73.3 Å². The predicted molar refractivity (Wildman–Crippen MR) is 235 cm³/mol. The molecule has 5 unspecified atom stereocenters. The van der Waals surface area contributed by atoms with Crippen molar-refractivity contribution in [2.75, 3.05) is 45.7 Å². The molecule has 4 aliphatic heterocycles. The number of pyridine rings is 1. The average Bonchev–Trinajstić information content (AvgIpc) is 3.89. The summed E-state index contributed by atoms with van der Waals surface area (Å²) < 4.78 is 5.02. The first-order chi connectivity index (χ1) is 27.8. The lowest BCUT2D eigenvalue weighted by molar-refractivity contribution is 0.163. The molecule has 7 aromatic rings. The van der Waals surface area contributed by atoms with Gasteiger partial charge in [0, 0.05) is 70.7 Å². The Balaban J connectivity index is 1.12. The molecule has 0 amide bonds. The lowest BCUT2D eigenvalue weighted by Gasteiger charge is -2.43. The molecule has 0 saturated carbocycles. The maximum Gasteiger partial charge on any atom is 0.140 e. The zero-order valence-electron chi connectivity index (χ0n) is 34.2. The first kappa shape index (κ1) is 35.0. The molecule has 0 radical (unpaired) electrons. The molecule has 11 rings (SSSR count). The molecule has 0 bridgehead atoms. The van der Waals surface area contributed by atoms with Gasteiger partial charge in [0.2, 0.25) is 0 Å². The van der Waals surface area contributed by atoms with Crippen LogP contribution in [-0.2, 0) is 12.8 Å². The fraction of sp³-hybridized carbons (Fsp3) is 0.340. The third-order valence-electron chi connectivity index (χ3n) is 14.6. The number of hydrogen-bond donors (Lipinski definition) is 0. The Kier molecular flexibility index (Phi) is 8.08. The van der Waals surface area contributed by atoms with E-state index in [1.54, 1.807) is 0 Å². The minimum atomic E-state index is 0.266. The number of likely N-dealkylation sites (tertiary alicyclic amines) is 1. The number of para-hydroxylation sites is 3. The molecular weight excluding hydrogens is 699 g/mol. The van der Waals surface area contributed by atoms with E-state index in [9.17, 15) is 0 Å². The van der Waals surface area contributed by atoms with Crippen molar-refractivity contribution in [1.82, 2.24) is 28.8 Å². The molecule has 1 saturated heterocycles. The molecule has 7 nitrogen and oxygen atoms in total. The van der Waals surface area contributed by atoms with E-state index in [1.165, 1.54) is 72.4 Å². The van der Waals surface area contributed by atoms with Gasteiger partial charge in [-0.2, -0.15) is 0 Å². The van der Waals surface area contributed by atoms with Gasteiger partial charge >= 0.3 is 0 Å². The molecule has 0 aliphatic carbocycles. The minimum absolute atomic E-state index is 0.266. The number of likely N-dealkylation sites (N-methyl/N-ethyl adjacent to an activating group) is 3. The van der Waals surface area contributed by atoms with Gasteiger partial charge in [-0.3, -0.25) is 14.4 Å². The topological polar surface area (TPSA) is 35.7 Å². The SMILES string of the molecule is CC1c2c(c3ccccc3n2-c2ccc(-c3cc(N4c5ccccc5C5CCN(C)C(C)C54)nc(-n4c5c(c6ccccc64)CCN(C)C5C)c3)cc2)CCN1C. The summed E-state index contributed by atoms with van der Waals surface area (Å²) in [6.07, 6.45) is 3.27. The molecule has 288 valence electrons. The molecule has 57 heavy (non-hydrogen) atoms. The van der Waals surface area contributed by atoms with Crippen LogP contribution in [0.5, 0.6) is 0 Å². The van der Waals surface area contributed by atoms with Crippen LogP contribution in [0, 0.1) is 0 Å². The number of fused-ring (bicyclic) bond motifs is 9. The summed E-state index contributed by atoms with van der Waals surface area (Å²) in [6.45, 7) is 10.4. The summed E-state index contributed by atoms with van der Waals surface area (Å²) in [5, 5.41) is 2.73. The van der Waals surface area contributed by atoms with E-state index in [-0.39, 0.29) is 6.04 Å². The monoisotopic (exact) mass is 751 g/mol. The summed E-state index contributed by atoms with van der Waals surface area (Å²) >= 11 is 0. The van der Waals surface area contributed by atoms with E-state index in [1.807, 2.05) is 0 Å². The number of hydrogen-bond acceptors (Lipinski definition) is 5. The van der Waals surface area contributed by atoms with Gasteiger partial charge in [0.25, 0.3) is 0 Å². The first-order valence-corrected chi connectivity index (χ1v) is 21.1. The summed E-state index contributed by atoms with van der Waals surface area (Å²) in [6, 6.07) is 42.4. The Bertz CT molecular complexity index is 2690. The van der Waals surface area contributed by atoms with Crippen LogP contribution in [0.2, 0.25) is 0 Å². The fourth-order valence-corrected chi connectivity index (χ4v) is 11.2. The van der Waals surface area contributed by atoms with Gasteiger partial charge in [-0.15, -0.1) is 0 Å². The fourth-order valence-electron chi connectivity index (χ4n) is 11.2. The van der Waals surface area contributed by atoms with Crippen LogP contribution >= 0.6 is 0 Å². The Morgan fingerprint density at radius 2 is 1.14 bits per heavy atom. The zero-order valence-corrected chi connectivity index (χ0v) is 34.2. The highest BCUT2D eigenvalue weighted by Gasteiger charge is 2.46. The molecule has 7 heteroatoms. The molecule has 5 atom stereocenters. The second-order valence-corrected chi connectivity index (χ2v) is 17.4. The van der Waals surface area contributed by atoms with Crippen molar-refractivity contribution in [3.8, 4) is 22.6 Å². The van der Waals surface area contributed by atoms with E-state index >= 15 is 0 Å². The number of aromatic nitrogens is 3. The van der Waals surface area contributed by atoms with Crippen molar-refractivity contribution in [2.24, 2.45) is 0 Å². The van der Waals surface area contributed by atoms with Crippen LogP contribution < -0.4 is 4.90 Å². The van der Waals surface area contributed by atoms with Crippen molar-refractivity contribution in [3.05, 3.63) is 137 Å². The Labute approximate surface area is 336 Å². The van der Waals surface area contributed by atoms with Crippen molar-refractivity contribution in [1.29, 1.82) is 0 Å². The number of anilines is 2. The quantitative estimate of drug-likeness (QED) is 0.179. The lowest BCUT2D eigenvalue weighted by atomic mass is 9.84. The third-order valence-corrected chi connectivity index (χ3v) is 14.6. The normalized spacial score (nSPS) is 23.8. The Hall–Kier alpha value is -5.21. The number of benzene rings is 4. The molecule has 7 heterocycles. The van der Waals surface area contributed by atoms with Crippen molar-refractivity contribution < 1.29 is 0 Å². The van der Waals surface area contributed by atoms with E-state index in [2.05, 4.69) is 180 Å². The van der Waals surface area contributed by atoms with Gasteiger partial charge in [0.1, 0.15) is 11.6 Å². The molecule has 0 N–H and O–H groups in total. The molecule has 3 aromatic heterocycles. The summed E-state index contributed by atoms with van der Waals surface area (Å²) in [7, 11) is 6.81. The van der Waals surface area contributed by atoms with E-state index < -0.39 is 0 Å². The Morgan fingerprint density at radius 1 is 0.561 bits per heavy atom. The van der Waals surface area contributed by atoms with Crippen LogP contribution in [-0.4, -0.2) is 81.7 Å². The number of nitrogens with zero attached hydrogens (tertiary/aromatic N) is 7. The summed E-state index contributed by atoms with van der Waals surface area (Å²) in [5.41, 5.74) is 14.6. The highest BCUT2D eigenvalue weighted by atomic mass is 15.3. The molecule has 1 fully saturated rings. The average molecular weight is 752 g/mol. The molecule has 4 aliphatic rings. The minimum Gasteiger partial charge on any atom is -0.321 e. The predicted octanol–water partition coefficient (Wildman–Crippen LogP) is 10.1. The van der Waals surface area contributed by atoms with E-state index in [4.69, 9.17) is 4.98 Å². The van der Waals surface area contributed by atoms with Gasteiger partial charge in [-0.1, -0.05) is 66.7 Å². The van der Waals surface area contributed by atoms with Crippen molar-refractivity contribution in [3.63, 3.8) is 0 Å². The number of rotatable bonds is 4. The van der Waals surface area contributed by atoms with E-state index in [0.717, 1.165) is 50.5 Å². The lowest BCUT2D eigenvalue weighted by Crippen LogP contribution is -2.52. The maximum absolute atomic E-state index is 5.75. The van der Waals surface area contributed by atoms with Crippen LogP contribution in [0.25, 0.3) is 44.4 Å². The first-order valence-electron chi connectivity index (χ1n) is 21.1. The molecule has 0 spiro atoms. The molecule has 4 aromatic carbocycles. The zero-order chi connectivity index (χ0) is 38.7.